The first-order chi connectivity index (χ1) is 10.6. The normalized spacial score (nSPS) is 11.0. The van der Waals surface area contributed by atoms with Gasteiger partial charge in [0.2, 0.25) is 0 Å². The molecule has 0 saturated heterocycles. The van der Waals surface area contributed by atoms with Gasteiger partial charge in [0.05, 0.1) is 23.9 Å². The number of nitriles is 1. The summed E-state index contributed by atoms with van der Waals surface area (Å²) in [4.78, 5) is 4.79. The monoisotopic (exact) mass is 289 g/mol. The molecular weight excluding hydrogens is 270 g/mol. The molecular formula is C19H19N3. The van der Waals surface area contributed by atoms with E-state index in [0.717, 1.165) is 28.2 Å². The second-order valence-corrected chi connectivity index (χ2v) is 5.90. The Hall–Kier alpha value is -2.60. The van der Waals surface area contributed by atoms with Crippen LogP contribution in [0, 0.1) is 18.3 Å². The summed E-state index contributed by atoms with van der Waals surface area (Å²) in [5, 5.41) is 9.16. The van der Waals surface area contributed by atoms with Crippen molar-refractivity contribution < 1.29 is 0 Å². The van der Waals surface area contributed by atoms with Crippen LogP contribution in [0.25, 0.3) is 16.9 Å². The highest BCUT2D eigenvalue weighted by Crippen LogP contribution is 2.27. The molecule has 2 aromatic heterocycles. The highest BCUT2D eigenvalue weighted by molar-refractivity contribution is 5.68. The molecule has 22 heavy (non-hydrogen) atoms. The van der Waals surface area contributed by atoms with Crippen LogP contribution in [0.15, 0.2) is 42.6 Å². The number of nitrogens with zero attached hydrogens (tertiary/aromatic N) is 3. The third-order valence-corrected chi connectivity index (χ3v) is 4.04. The molecule has 0 bridgehead atoms. The minimum Gasteiger partial charge on any atom is -0.302 e. The summed E-state index contributed by atoms with van der Waals surface area (Å²) in [5.74, 6) is 0.510. The lowest BCUT2D eigenvalue weighted by Gasteiger charge is -2.06. The molecule has 3 aromatic rings. The fourth-order valence-electron chi connectivity index (χ4n) is 2.75. The third-order valence-electron chi connectivity index (χ3n) is 4.04. The van der Waals surface area contributed by atoms with Gasteiger partial charge in [-0.25, -0.2) is 4.98 Å². The molecule has 0 spiro atoms. The van der Waals surface area contributed by atoms with Gasteiger partial charge in [-0.1, -0.05) is 44.2 Å². The van der Waals surface area contributed by atoms with Gasteiger partial charge in [0, 0.05) is 11.8 Å². The van der Waals surface area contributed by atoms with Crippen LogP contribution in [0.5, 0.6) is 0 Å². The molecule has 0 atom stereocenters. The lowest BCUT2D eigenvalue weighted by molar-refractivity contribution is 0.867. The number of rotatable bonds is 3. The number of pyridine rings is 1. The van der Waals surface area contributed by atoms with Crippen molar-refractivity contribution in [3.05, 3.63) is 59.4 Å². The van der Waals surface area contributed by atoms with E-state index < -0.39 is 0 Å². The van der Waals surface area contributed by atoms with Gasteiger partial charge >= 0.3 is 0 Å². The maximum absolute atomic E-state index is 9.16. The average Bonchev–Trinajstić information content (AvgIpc) is 2.88. The Bertz CT molecular complexity index is 849. The summed E-state index contributed by atoms with van der Waals surface area (Å²) in [5.41, 5.74) is 6.29. The molecule has 3 rings (SSSR count). The molecule has 0 amide bonds. The Morgan fingerprint density at radius 2 is 1.91 bits per heavy atom. The van der Waals surface area contributed by atoms with Crippen LogP contribution >= 0.6 is 0 Å². The van der Waals surface area contributed by atoms with Gasteiger partial charge in [0.15, 0.2) is 0 Å². The molecule has 0 aliphatic rings. The van der Waals surface area contributed by atoms with E-state index in [0.29, 0.717) is 12.3 Å². The zero-order chi connectivity index (χ0) is 15.7. The number of hydrogen-bond acceptors (Lipinski definition) is 2. The van der Waals surface area contributed by atoms with Crippen molar-refractivity contribution in [2.45, 2.75) is 33.1 Å². The standard InChI is InChI=1S/C19H19N3/c1-13(2)15-6-8-16(9-7-15)18-17(10-11-20)22-12-4-5-14(3)19(22)21-18/h4-9,12-13H,10H2,1-3H3. The molecule has 110 valence electrons. The molecule has 1 aromatic carbocycles. The topological polar surface area (TPSA) is 41.1 Å². The first-order valence-corrected chi connectivity index (χ1v) is 7.55. The summed E-state index contributed by atoms with van der Waals surface area (Å²) in [6.07, 6.45) is 2.33. The summed E-state index contributed by atoms with van der Waals surface area (Å²) in [7, 11) is 0. The molecule has 3 nitrogen and oxygen atoms in total. The Morgan fingerprint density at radius 3 is 2.55 bits per heavy atom. The predicted molar refractivity (Wildman–Crippen MR) is 88.8 cm³/mol. The van der Waals surface area contributed by atoms with Crippen molar-refractivity contribution in [1.29, 1.82) is 5.26 Å². The van der Waals surface area contributed by atoms with Gasteiger partial charge in [-0.15, -0.1) is 0 Å². The lowest BCUT2D eigenvalue weighted by Crippen LogP contribution is -1.94. The van der Waals surface area contributed by atoms with E-state index in [1.165, 1.54) is 5.56 Å². The van der Waals surface area contributed by atoms with Crippen LogP contribution in [0.4, 0.5) is 0 Å². The molecule has 0 unspecified atom stereocenters. The second-order valence-electron chi connectivity index (χ2n) is 5.90. The van der Waals surface area contributed by atoms with Crippen molar-refractivity contribution in [1.82, 2.24) is 9.38 Å². The van der Waals surface area contributed by atoms with Gasteiger partial charge in [0.1, 0.15) is 5.65 Å². The third kappa shape index (κ3) is 2.37. The number of imidazole rings is 1. The van der Waals surface area contributed by atoms with E-state index in [2.05, 4.69) is 44.2 Å². The van der Waals surface area contributed by atoms with Crippen molar-refractivity contribution >= 4 is 5.65 Å². The molecule has 2 heterocycles. The first kappa shape index (κ1) is 14.3. The van der Waals surface area contributed by atoms with Crippen LogP contribution in [0.3, 0.4) is 0 Å². The van der Waals surface area contributed by atoms with Crippen LogP contribution < -0.4 is 0 Å². The van der Waals surface area contributed by atoms with E-state index in [9.17, 15) is 0 Å². The summed E-state index contributed by atoms with van der Waals surface area (Å²) in [6, 6.07) is 14.8. The summed E-state index contributed by atoms with van der Waals surface area (Å²) < 4.78 is 2.03. The lowest BCUT2D eigenvalue weighted by atomic mass is 10.00. The second kappa shape index (κ2) is 5.65. The Morgan fingerprint density at radius 1 is 1.18 bits per heavy atom. The van der Waals surface area contributed by atoms with Crippen LogP contribution in [0.1, 0.15) is 36.6 Å². The van der Waals surface area contributed by atoms with Gasteiger partial charge in [-0.2, -0.15) is 5.26 Å². The highest BCUT2D eigenvalue weighted by atomic mass is 15.0. The number of benzene rings is 1. The molecule has 0 fully saturated rings. The van der Waals surface area contributed by atoms with Crippen molar-refractivity contribution in [3.63, 3.8) is 0 Å². The first-order valence-electron chi connectivity index (χ1n) is 7.55. The number of aromatic nitrogens is 2. The molecule has 0 radical (unpaired) electrons. The number of aryl methyl sites for hydroxylation is 1. The molecule has 0 saturated carbocycles. The van der Waals surface area contributed by atoms with Gasteiger partial charge in [0.25, 0.3) is 0 Å². The molecule has 0 N–H and O–H groups in total. The summed E-state index contributed by atoms with van der Waals surface area (Å²) in [6.45, 7) is 6.42. The Labute approximate surface area is 130 Å². The van der Waals surface area contributed by atoms with Crippen LogP contribution in [0.2, 0.25) is 0 Å². The fourth-order valence-corrected chi connectivity index (χ4v) is 2.75. The van der Waals surface area contributed by atoms with Gasteiger partial charge < -0.3 is 4.40 Å². The SMILES string of the molecule is Cc1cccn2c(CC#N)c(-c3ccc(C(C)C)cc3)nc12. The quantitative estimate of drug-likeness (QED) is 0.712. The van der Waals surface area contributed by atoms with Crippen molar-refractivity contribution in [2.24, 2.45) is 0 Å². The number of fused-ring (bicyclic) bond motifs is 1. The van der Waals surface area contributed by atoms with Gasteiger partial charge in [-0.3, -0.25) is 0 Å². The smallest absolute Gasteiger partial charge is 0.140 e. The zero-order valence-electron chi connectivity index (χ0n) is 13.2. The highest BCUT2D eigenvalue weighted by Gasteiger charge is 2.15. The summed E-state index contributed by atoms with van der Waals surface area (Å²) >= 11 is 0. The van der Waals surface area contributed by atoms with Crippen LogP contribution in [-0.2, 0) is 6.42 Å². The fraction of sp³-hybridized carbons (Fsp3) is 0.263. The van der Waals surface area contributed by atoms with Crippen molar-refractivity contribution in [3.8, 4) is 17.3 Å². The Balaban J connectivity index is 2.19. The number of hydrogen-bond donors (Lipinski definition) is 0. The zero-order valence-corrected chi connectivity index (χ0v) is 13.2. The maximum atomic E-state index is 9.16. The molecule has 0 aliphatic heterocycles. The Kier molecular flexibility index (Phi) is 3.68. The predicted octanol–water partition coefficient (Wildman–Crippen LogP) is 4.50. The van der Waals surface area contributed by atoms with E-state index >= 15 is 0 Å². The van der Waals surface area contributed by atoms with Crippen LogP contribution in [-0.4, -0.2) is 9.38 Å². The van der Waals surface area contributed by atoms with E-state index in [4.69, 9.17) is 10.2 Å². The molecule has 0 aliphatic carbocycles. The minimum atomic E-state index is 0.353. The average molecular weight is 289 g/mol. The molecule has 3 heteroatoms. The maximum Gasteiger partial charge on any atom is 0.140 e. The van der Waals surface area contributed by atoms with E-state index in [1.807, 2.05) is 29.7 Å². The largest absolute Gasteiger partial charge is 0.302 e. The van der Waals surface area contributed by atoms with Crippen molar-refractivity contribution in [2.75, 3.05) is 0 Å². The van der Waals surface area contributed by atoms with E-state index in [-0.39, 0.29) is 0 Å². The van der Waals surface area contributed by atoms with E-state index in [1.54, 1.807) is 0 Å². The minimum absolute atomic E-state index is 0.353. The van der Waals surface area contributed by atoms with Gasteiger partial charge in [-0.05, 0) is 30.0 Å².